The van der Waals surface area contributed by atoms with Crippen LogP contribution in [0.5, 0.6) is 5.75 Å². The number of aliphatic imine (C=N–C) groups is 1. The van der Waals surface area contributed by atoms with Gasteiger partial charge in [0.2, 0.25) is 5.91 Å². The Hall–Kier alpha value is -2.96. The summed E-state index contributed by atoms with van der Waals surface area (Å²) in [6, 6.07) is 9.89. The average molecular weight is 393 g/mol. The van der Waals surface area contributed by atoms with Crippen molar-refractivity contribution in [2.75, 3.05) is 38.1 Å². The van der Waals surface area contributed by atoms with E-state index in [2.05, 4.69) is 21.9 Å². The molecule has 0 spiro atoms. The summed E-state index contributed by atoms with van der Waals surface area (Å²) < 4.78 is 6.10. The van der Waals surface area contributed by atoms with E-state index in [-0.39, 0.29) is 11.5 Å². The molecule has 1 aliphatic carbocycles. The zero-order valence-electron chi connectivity index (χ0n) is 17.3. The number of carbonyl (C=O) groups is 1. The van der Waals surface area contributed by atoms with E-state index in [0.29, 0.717) is 13.1 Å². The molecule has 152 valence electrons. The Balaban J connectivity index is 1.57. The summed E-state index contributed by atoms with van der Waals surface area (Å²) in [6.45, 7) is 6.68. The van der Waals surface area contributed by atoms with Crippen LogP contribution in [0.4, 0.5) is 5.82 Å². The van der Waals surface area contributed by atoms with Crippen molar-refractivity contribution < 1.29 is 9.53 Å². The van der Waals surface area contributed by atoms with Crippen molar-refractivity contribution in [3.63, 3.8) is 0 Å². The van der Waals surface area contributed by atoms with Gasteiger partial charge in [0, 0.05) is 38.3 Å². The number of rotatable bonds is 6. The number of nitrogens with zero attached hydrogens (tertiary/aromatic N) is 5. The van der Waals surface area contributed by atoms with Gasteiger partial charge in [0.15, 0.2) is 0 Å². The van der Waals surface area contributed by atoms with E-state index in [0.717, 1.165) is 54.5 Å². The highest BCUT2D eigenvalue weighted by molar-refractivity contribution is 6.12. The lowest BCUT2D eigenvalue weighted by molar-refractivity contribution is -0.130. The molecule has 1 saturated carbocycles. The Morgan fingerprint density at radius 1 is 1.24 bits per heavy atom. The molecule has 1 saturated heterocycles. The van der Waals surface area contributed by atoms with Gasteiger partial charge in [0.1, 0.15) is 23.5 Å². The van der Waals surface area contributed by atoms with Crippen molar-refractivity contribution in [1.29, 1.82) is 0 Å². The number of piperazine rings is 1. The highest BCUT2D eigenvalue weighted by atomic mass is 16.5. The molecule has 4 rings (SSSR count). The summed E-state index contributed by atoms with van der Waals surface area (Å²) in [4.78, 5) is 29.5. The van der Waals surface area contributed by atoms with Gasteiger partial charge in [0.25, 0.3) is 0 Å². The quantitative estimate of drug-likeness (QED) is 0.706. The Morgan fingerprint density at radius 2 is 2.07 bits per heavy atom. The number of hydrogen-bond donors (Lipinski definition) is 0. The van der Waals surface area contributed by atoms with Crippen LogP contribution in [0.1, 0.15) is 37.9 Å². The van der Waals surface area contributed by atoms with Gasteiger partial charge in [-0.25, -0.2) is 9.97 Å². The summed E-state index contributed by atoms with van der Waals surface area (Å²) in [7, 11) is 1.76. The number of amides is 1. The van der Waals surface area contributed by atoms with E-state index in [4.69, 9.17) is 4.74 Å². The molecule has 2 aromatic rings. The minimum atomic E-state index is -0.0304. The van der Waals surface area contributed by atoms with Crippen molar-refractivity contribution in [1.82, 2.24) is 14.9 Å². The minimum absolute atomic E-state index is 0.0304. The van der Waals surface area contributed by atoms with Crippen LogP contribution in [0.2, 0.25) is 0 Å². The van der Waals surface area contributed by atoms with Crippen molar-refractivity contribution in [2.45, 2.75) is 32.3 Å². The van der Waals surface area contributed by atoms with Crippen LogP contribution in [-0.2, 0) is 4.79 Å². The van der Waals surface area contributed by atoms with E-state index in [1.807, 2.05) is 47.1 Å². The van der Waals surface area contributed by atoms with Crippen molar-refractivity contribution in [3.05, 3.63) is 47.9 Å². The highest BCUT2D eigenvalue weighted by Gasteiger charge is 2.40. The van der Waals surface area contributed by atoms with Gasteiger partial charge in [-0.1, -0.05) is 12.1 Å². The number of anilines is 1. The van der Waals surface area contributed by atoms with Gasteiger partial charge in [-0.3, -0.25) is 9.79 Å². The van der Waals surface area contributed by atoms with Crippen molar-refractivity contribution in [2.24, 2.45) is 4.99 Å². The number of hydrogen-bond acceptors (Lipinski definition) is 6. The monoisotopic (exact) mass is 393 g/mol. The van der Waals surface area contributed by atoms with E-state index in [1.54, 1.807) is 7.05 Å². The molecule has 0 atom stereocenters. The lowest BCUT2D eigenvalue weighted by atomic mass is 10.1. The Bertz CT molecular complexity index is 938. The lowest BCUT2D eigenvalue weighted by Gasteiger charge is -2.34. The first kappa shape index (κ1) is 19.4. The second-order valence-corrected chi connectivity index (χ2v) is 7.81. The number of ether oxygens (including phenoxy) is 1. The van der Waals surface area contributed by atoms with E-state index in [9.17, 15) is 4.79 Å². The van der Waals surface area contributed by atoms with Gasteiger partial charge >= 0.3 is 0 Å². The maximum Gasteiger partial charge on any atom is 0.242 e. The zero-order valence-corrected chi connectivity index (χ0v) is 17.3. The Labute approximate surface area is 171 Å². The molecule has 1 aliphatic heterocycles. The van der Waals surface area contributed by atoms with Crippen LogP contribution < -0.4 is 9.64 Å². The topological polar surface area (TPSA) is 70.9 Å². The third kappa shape index (κ3) is 4.23. The fourth-order valence-electron chi connectivity index (χ4n) is 3.55. The molecule has 0 radical (unpaired) electrons. The molecule has 7 nitrogen and oxygen atoms in total. The third-order valence-corrected chi connectivity index (χ3v) is 5.57. The van der Waals surface area contributed by atoms with Crippen LogP contribution in [0, 0.1) is 0 Å². The normalized spacial score (nSPS) is 18.7. The van der Waals surface area contributed by atoms with Gasteiger partial charge < -0.3 is 14.5 Å². The van der Waals surface area contributed by atoms with E-state index < -0.39 is 0 Å². The standard InChI is InChI=1S/C22H27N5O2/c1-4-26-10-11-27(14-20(26)28)19-13-18(24-15-25-19)21(23-3)16-6-5-7-17(12-16)29-22(2)8-9-22/h5-7,12-13,15H,4,8-11,14H2,1-3H3. The molecule has 2 heterocycles. The second-order valence-electron chi connectivity index (χ2n) is 7.81. The molecule has 29 heavy (non-hydrogen) atoms. The van der Waals surface area contributed by atoms with Gasteiger partial charge in [-0.15, -0.1) is 0 Å². The molecular formula is C22H27N5O2. The lowest BCUT2D eigenvalue weighted by Crippen LogP contribution is -2.50. The molecule has 1 aromatic carbocycles. The average Bonchev–Trinajstić information content (AvgIpc) is 3.45. The first-order chi connectivity index (χ1) is 14.0. The first-order valence-corrected chi connectivity index (χ1v) is 10.1. The summed E-state index contributed by atoms with van der Waals surface area (Å²) in [5.74, 6) is 1.72. The molecule has 1 aromatic heterocycles. The second kappa shape index (κ2) is 7.81. The summed E-state index contributed by atoms with van der Waals surface area (Å²) in [5, 5.41) is 0. The molecule has 2 fully saturated rings. The highest BCUT2D eigenvalue weighted by Crippen LogP contribution is 2.39. The Kier molecular flexibility index (Phi) is 5.22. The van der Waals surface area contributed by atoms with E-state index in [1.165, 1.54) is 6.33 Å². The Morgan fingerprint density at radius 3 is 2.76 bits per heavy atom. The molecule has 2 aliphatic rings. The third-order valence-electron chi connectivity index (χ3n) is 5.57. The summed E-state index contributed by atoms with van der Waals surface area (Å²) >= 11 is 0. The summed E-state index contributed by atoms with van der Waals surface area (Å²) in [5.41, 5.74) is 2.43. The zero-order chi connectivity index (χ0) is 20.4. The maximum atomic E-state index is 12.3. The van der Waals surface area contributed by atoms with Crippen LogP contribution in [-0.4, -0.2) is 65.3 Å². The van der Waals surface area contributed by atoms with Gasteiger partial charge in [-0.05, 0) is 38.8 Å². The minimum Gasteiger partial charge on any atom is -0.488 e. The fraction of sp³-hybridized carbons (Fsp3) is 0.455. The number of benzene rings is 1. The molecular weight excluding hydrogens is 366 g/mol. The first-order valence-electron chi connectivity index (χ1n) is 10.1. The predicted molar refractivity (Wildman–Crippen MR) is 113 cm³/mol. The number of aromatic nitrogens is 2. The van der Waals surface area contributed by atoms with Gasteiger partial charge in [0.05, 0.1) is 18.0 Å². The molecule has 0 bridgehead atoms. The van der Waals surface area contributed by atoms with E-state index >= 15 is 0 Å². The predicted octanol–water partition coefficient (Wildman–Crippen LogP) is 2.54. The van der Waals surface area contributed by atoms with Crippen molar-refractivity contribution >= 4 is 17.4 Å². The maximum absolute atomic E-state index is 12.3. The molecule has 0 N–H and O–H groups in total. The van der Waals surface area contributed by atoms with Crippen LogP contribution in [0.3, 0.4) is 0 Å². The molecule has 1 amide bonds. The van der Waals surface area contributed by atoms with Crippen LogP contribution >= 0.6 is 0 Å². The SMILES string of the molecule is CCN1CCN(c2cc(C(=NC)c3cccc(OC4(C)CC4)c3)ncn2)CC1=O. The number of carbonyl (C=O) groups excluding carboxylic acids is 1. The summed E-state index contributed by atoms with van der Waals surface area (Å²) in [6.07, 6.45) is 3.72. The van der Waals surface area contributed by atoms with Crippen LogP contribution in [0.25, 0.3) is 0 Å². The van der Waals surface area contributed by atoms with Crippen LogP contribution in [0.15, 0.2) is 41.7 Å². The van der Waals surface area contributed by atoms with Crippen molar-refractivity contribution in [3.8, 4) is 5.75 Å². The molecule has 0 unspecified atom stereocenters. The fourth-order valence-corrected chi connectivity index (χ4v) is 3.55. The largest absolute Gasteiger partial charge is 0.488 e. The smallest absolute Gasteiger partial charge is 0.242 e. The van der Waals surface area contributed by atoms with Gasteiger partial charge in [-0.2, -0.15) is 0 Å². The number of likely N-dealkylation sites (N-methyl/N-ethyl adjacent to an activating group) is 1. The molecule has 7 heteroatoms.